The van der Waals surface area contributed by atoms with Crippen molar-refractivity contribution in [3.63, 3.8) is 0 Å². The molecule has 108 valence electrons. The summed E-state index contributed by atoms with van der Waals surface area (Å²) in [5.41, 5.74) is 5.39. The van der Waals surface area contributed by atoms with Crippen LogP contribution in [-0.2, 0) is 0 Å². The Bertz CT molecular complexity index is 846. The first kappa shape index (κ1) is 15.3. The van der Waals surface area contributed by atoms with Crippen LogP contribution in [0.4, 0.5) is 0 Å². The van der Waals surface area contributed by atoms with Gasteiger partial charge in [-0.25, -0.2) is 0 Å². The topological polar surface area (TPSA) is 0 Å². The van der Waals surface area contributed by atoms with Crippen LogP contribution in [0.1, 0.15) is 37.5 Å². The van der Waals surface area contributed by atoms with E-state index >= 15 is 0 Å². The fourth-order valence-corrected chi connectivity index (χ4v) is 3.11. The highest BCUT2D eigenvalue weighted by molar-refractivity contribution is 5.93. The molecule has 0 unspecified atom stereocenters. The van der Waals surface area contributed by atoms with Gasteiger partial charge in [0.15, 0.2) is 0 Å². The second-order valence-corrected chi connectivity index (χ2v) is 5.47. The summed E-state index contributed by atoms with van der Waals surface area (Å²) in [4.78, 5) is 0. The van der Waals surface area contributed by atoms with Crippen LogP contribution in [0.15, 0.2) is 36.9 Å². The van der Waals surface area contributed by atoms with E-state index in [1.807, 2.05) is 6.08 Å². The Hall–Kier alpha value is -2.08. The van der Waals surface area contributed by atoms with Gasteiger partial charge < -0.3 is 0 Å². The Morgan fingerprint density at radius 1 is 1.10 bits per heavy atom. The molecule has 0 spiro atoms. The van der Waals surface area contributed by atoms with Gasteiger partial charge in [-0.05, 0) is 78.1 Å². The van der Waals surface area contributed by atoms with Gasteiger partial charge in [-0.15, -0.1) is 0 Å². The third kappa shape index (κ3) is 2.47. The van der Waals surface area contributed by atoms with Crippen LogP contribution in [0.5, 0.6) is 0 Å². The van der Waals surface area contributed by atoms with Gasteiger partial charge in [0.05, 0.1) is 0 Å². The Labute approximate surface area is 127 Å². The Morgan fingerprint density at radius 3 is 2.38 bits per heavy atom. The second-order valence-electron chi connectivity index (χ2n) is 5.47. The van der Waals surface area contributed by atoms with Gasteiger partial charge in [0.25, 0.3) is 0 Å². The van der Waals surface area contributed by atoms with Gasteiger partial charge in [-0.3, -0.25) is 0 Å². The first-order valence-electron chi connectivity index (χ1n) is 7.51. The highest BCUT2D eigenvalue weighted by atomic mass is 14.2. The third-order valence-electron chi connectivity index (χ3n) is 4.39. The van der Waals surface area contributed by atoms with Crippen LogP contribution in [-0.4, -0.2) is 0 Å². The van der Waals surface area contributed by atoms with Crippen molar-refractivity contribution in [1.82, 2.24) is 0 Å². The highest BCUT2D eigenvalue weighted by Crippen LogP contribution is 2.23. The van der Waals surface area contributed by atoms with Gasteiger partial charge in [-0.2, -0.15) is 0 Å². The minimum Gasteiger partial charge on any atom is -0.0990 e. The van der Waals surface area contributed by atoms with E-state index in [0.717, 1.165) is 0 Å². The lowest BCUT2D eigenvalue weighted by molar-refractivity contribution is 1.32. The lowest BCUT2D eigenvalue weighted by Gasteiger charge is -2.15. The number of rotatable bonds is 2. The maximum atomic E-state index is 3.90. The molecule has 0 nitrogen and oxygen atoms in total. The van der Waals surface area contributed by atoms with Crippen molar-refractivity contribution in [1.29, 1.82) is 0 Å². The fraction of sp³-hybridized carbons (Fsp3) is 0.238. The number of fused-ring (bicyclic) bond motifs is 1. The zero-order valence-corrected chi connectivity index (χ0v) is 13.7. The highest BCUT2D eigenvalue weighted by Gasteiger charge is 2.11. The summed E-state index contributed by atoms with van der Waals surface area (Å²) in [5, 5.41) is 5.25. The van der Waals surface area contributed by atoms with Gasteiger partial charge in [0, 0.05) is 0 Å². The Kier molecular flexibility index (Phi) is 4.47. The molecule has 0 aliphatic rings. The van der Waals surface area contributed by atoms with Crippen molar-refractivity contribution in [2.24, 2.45) is 0 Å². The molecular formula is C21H24. The average Bonchev–Trinajstić information content (AvgIpc) is 2.51. The van der Waals surface area contributed by atoms with Crippen LogP contribution < -0.4 is 10.4 Å². The van der Waals surface area contributed by atoms with Crippen LogP contribution in [0.3, 0.4) is 0 Å². The minimum absolute atomic E-state index is 1.28. The molecule has 0 fully saturated rings. The van der Waals surface area contributed by atoms with E-state index in [1.54, 1.807) is 0 Å². The standard InChI is InChI=1S/C21H24/c1-7-11-18-19-13-10-12-17(9-3)21(19)16(6)15(5)20(18)14(4)8-2/h7-13H,1H2,2-6H3/b14-8-,17-9-,18-11-. The smallest absolute Gasteiger partial charge is 0.00763 e. The van der Waals surface area contributed by atoms with Crippen molar-refractivity contribution < 1.29 is 0 Å². The van der Waals surface area contributed by atoms with E-state index in [2.05, 4.69) is 77.6 Å². The molecule has 0 bridgehead atoms. The molecule has 0 atom stereocenters. The van der Waals surface area contributed by atoms with Crippen LogP contribution in [0, 0.1) is 13.8 Å². The van der Waals surface area contributed by atoms with E-state index in [0.29, 0.717) is 0 Å². The fourth-order valence-electron chi connectivity index (χ4n) is 3.11. The molecule has 0 heterocycles. The van der Waals surface area contributed by atoms with Crippen LogP contribution >= 0.6 is 0 Å². The molecule has 21 heavy (non-hydrogen) atoms. The molecule has 0 heteroatoms. The Morgan fingerprint density at radius 2 is 1.81 bits per heavy atom. The molecule has 2 rings (SSSR count). The lowest BCUT2D eigenvalue weighted by atomic mass is 9.88. The normalized spacial score (nSPS) is 14.0. The summed E-state index contributed by atoms with van der Waals surface area (Å²) < 4.78 is 0. The van der Waals surface area contributed by atoms with Gasteiger partial charge in [0.2, 0.25) is 0 Å². The van der Waals surface area contributed by atoms with E-state index < -0.39 is 0 Å². The summed E-state index contributed by atoms with van der Waals surface area (Å²) in [6, 6.07) is 6.55. The molecule has 0 radical (unpaired) electrons. The minimum atomic E-state index is 1.28. The quantitative estimate of drug-likeness (QED) is 0.749. The van der Waals surface area contributed by atoms with Crippen molar-refractivity contribution in [3.05, 3.63) is 64.1 Å². The summed E-state index contributed by atoms with van der Waals surface area (Å²) in [6.07, 6.45) is 8.40. The first-order valence-corrected chi connectivity index (χ1v) is 7.51. The average molecular weight is 276 g/mol. The van der Waals surface area contributed by atoms with Gasteiger partial charge in [0.1, 0.15) is 0 Å². The molecule has 2 aromatic carbocycles. The largest absolute Gasteiger partial charge is 0.0990 e. The second kappa shape index (κ2) is 6.13. The zero-order chi connectivity index (χ0) is 15.6. The number of allylic oxidation sites excluding steroid dienone is 3. The predicted molar refractivity (Wildman–Crippen MR) is 96.8 cm³/mol. The summed E-state index contributed by atoms with van der Waals surface area (Å²) >= 11 is 0. The van der Waals surface area contributed by atoms with Crippen LogP contribution in [0.25, 0.3) is 28.5 Å². The first-order chi connectivity index (χ1) is 10.1. The van der Waals surface area contributed by atoms with Crippen LogP contribution in [0.2, 0.25) is 0 Å². The zero-order valence-electron chi connectivity index (χ0n) is 13.7. The molecule has 0 saturated heterocycles. The number of benzene rings is 2. The predicted octanol–water partition coefficient (Wildman–Crippen LogP) is 4.65. The van der Waals surface area contributed by atoms with E-state index in [1.165, 1.54) is 43.5 Å². The molecule has 0 aromatic heterocycles. The maximum Gasteiger partial charge on any atom is -0.00763 e. The maximum absolute atomic E-state index is 3.90. The summed E-state index contributed by atoms with van der Waals surface area (Å²) in [6.45, 7) is 14.7. The third-order valence-corrected chi connectivity index (χ3v) is 4.39. The summed E-state index contributed by atoms with van der Waals surface area (Å²) in [5.74, 6) is 0. The number of hydrogen-bond donors (Lipinski definition) is 0. The van der Waals surface area contributed by atoms with Gasteiger partial charge >= 0.3 is 0 Å². The molecule has 0 saturated carbocycles. The van der Waals surface area contributed by atoms with Crippen molar-refractivity contribution in [2.75, 3.05) is 0 Å². The molecule has 0 amide bonds. The Balaban J connectivity index is 3.24. The monoisotopic (exact) mass is 276 g/mol. The summed E-state index contributed by atoms with van der Waals surface area (Å²) in [7, 11) is 0. The molecular weight excluding hydrogens is 252 g/mol. The molecule has 0 aliphatic carbocycles. The lowest BCUT2D eigenvalue weighted by Crippen LogP contribution is -2.17. The van der Waals surface area contributed by atoms with Crippen molar-refractivity contribution in [3.8, 4) is 0 Å². The molecule has 0 N–H and O–H groups in total. The SMILES string of the molecule is C=C/C=c1\c(/C(C)=C\C)c(C)c(C)c2/c(=C\C)cccc12. The van der Waals surface area contributed by atoms with E-state index in [-0.39, 0.29) is 0 Å². The van der Waals surface area contributed by atoms with E-state index in [4.69, 9.17) is 0 Å². The van der Waals surface area contributed by atoms with Crippen molar-refractivity contribution in [2.45, 2.75) is 34.6 Å². The number of hydrogen-bond acceptors (Lipinski definition) is 0. The number of aryl methyl sites for hydroxylation is 1. The van der Waals surface area contributed by atoms with E-state index in [9.17, 15) is 0 Å². The van der Waals surface area contributed by atoms with Gasteiger partial charge in [-0.1, -0.05) is 49.1 Å². The molecule has 2 aromatic rings. The van der Waals surface area contributed by atoms with Crippen molar-refractivity contribution >= 4 is 28.5 Å². The molecule has 0 aliphatic heterocycles.